The number of hydrogen-bond acceptors (Lipinski definition) is 4. The highest BCUT2D eigenvalue weighted by Gasteiger charge is 2.26. The Morgan fingerprint density at radius 2 is 1.91 bits per heavy atom. The summed E-state index contributed by atoms with van der Waals surface area (Å²) in [5, 5.41) is 3.29. The molecule has 0 atom stereocenters. The van der Waals surface area contributed by atoms with Gasteiger partial charge in [-0.1, -0.05) is 0 Å². The number of amides is 1. The summed E-state index contributed by atoms with van der Waals surface area (Å²) in [4.78, 5) is 21.1. The van der Waals surface area contributed by atoms with Gasteiger partial charge in [0.25, 0.3) is 5.91 Å². The Hall–Kier alpha value is -1.20. The summed E-state index contributed by atoms with van der Waals surface area (Å²) in [6.45, 7) is 0. The molecule has 1 fully saturated rings. The topological polar surface area (TPSA) is 64.1 Å². The zero-order valence-electron chi connectivity index (χ0n) is 12.9. The van der Waals surface area contributed by atoms with Crippen molar-refractivity contribution in [3.05, 3.63) is 22.2 Å². The first-order valence-corrected chi connectivity index (χ1v) is 8.44. The van der Waals surface area contributed by atoms with Crippen LogP contribution in [0, 0.1) is 0 Å². The van der Waals surface area contributed by atoms with Crippen LogP contribution in [0.2, 0.25) is 5.28 Å². The Morgan fingerprint density at radius 1 is 1.18 bits per heavy atom. The minimum absolute atomic E-state index is 0.108. The monoisotopic (exact) mass is 323 g/mol. The lowest BCUT2D eigenvalue weighted by Crippen LogP contribution is -2.40. The van der Waals surface area contributed by atoms with Crippen LogP contribution in [0.3, 0.4) is 0 Å². The number of methoxy groups -OCH3 is 1. The van der Waals surface area contributed by atoms with Crippen molar-refractivity contribution in [2.45, 2.75) is 63.5 Å². The number of halogens is 1. The van der Waals surface area contributed by atoms with Crippen molar-refractivity contribution in [2.24, 2.45) is 0 Å². The average molecular weight is 324 g/mol. The third-order valence-electron chi connectivity index (χ3n) is 4.71. The Bertz CT molecular complexity index is 557. The standard InChI is InChI=1S/C16H22ClN3O2/c1-22-11-8-6-10(7-9-11)18-15(21)14-12-4-2-3-5-13(12)19-16(17)20-14/h10-11H,2-9H2,1H3,(H,18,21)/t10-,11-. The van der Waals surface area contributed by atoms with Crippen LogP contribution >= 0.6 is 11.6 Å². The van der Waals surface area contributed by atoms with E-state index < -0.39 is 0 Å². The Labute approximate surface area is 135 Å². The van der Waals surface area contributed by atoms with E-state index in [-0.39, 0.29) is 17.2 Å². The summed E-state index contributed by atoms with van der Waals surface area (Å²) in [6.07, 6.45) is 8.14. The molecule has 0 radical (unpaired) electrons. The second-order valence-corrected chi connectivity index (χ2v) is 6.49. The van der Waals surface area contributed by atoms with Crippen molar-refractivity contribution in [2.75, 3.05) is 7.11 Å². The summed E-state index contributed by atoms with van der Waals surface area (Å²) in [5.41, 5.74) is 2.40. The van der Waals surface area contributed by atoms with Gasteiger partial charge in [-0.25, -0.2) is 9.97 Å². The molecule has 1 heterocycles. The lowest BCUT2D eigenvalue weighted by atomic mass is 9.92. The molecule has 0 unspecified atom stereocenters. The van der Waals surface area contributed by atoms with Crippen LogP contribution in [0.5, 0.6) is 0 Å². The molecule has 6 heteroatoms. The van der Waals surface area contributed by atoms with Crippen molar-refractivity contribution in [1.29, 1.82) is 0 Å². The molecule has 1 N–H and O–H groups in total. The van der Waals surface area contributed by atoms with E-state index in [2.05, 4.69) is 15.3 Å². The molecule has 5 nitrogen and oxygen atoms in total. The molecule has 1 aromatic rings. The van der Waals surface area contributed by atoms with E-state index in [1.807, 2.05) is 0 Å². The molecule has 2 aliphatic rings. The molecule has 1 saturated carbocycles. The lowest BCUT2D eigenvalue weighted by Gasteiger charge is -2.28. The number of aryl methyl sites for hydroxylation is 1. The number of aromatic nitrogens is 2. The largest absolute Gasteiger partial charge is 0.381 e. The van der Waals surface area contributed by atoms with Gasteiger partial charge in [-0.3, -0.25) is 4.79 Å². The van der Waals surface area contributed by atoms with Gasteiger partial charge >= 0.3 is 0 Å². The SMILES string of the molecule is CO[C@H]1CC[C@H](NC(=O)c2nc(Cl)nc3c2CCCC3)CC1. The second-order valence-electron chi connectivity index (χ2n) is 6.16. The van der Waals surface area contributed by atoms with Gasteiger partial charge in [0.15, 0.2) is 0 Å². The van der Waals surface area contributed by atoms with Crippen LogP contribution in [0.25, 0.3) is 0 Å². The molecule has 0 saturated heterocycles. The van der Waals surface area contributed by atoms with Crippen molar-refractivity contribution < 1.29 is 9.53 Å². The van der Waals surface area contributed by atoms with Gasteiger partial charge in [-0.15, -0.1) is 0 Å². The number of rotatable bonds is 3. The first-order valence-electron chi connectivity index (χ1n) is 8.06. The predicted molar refractivity (Wildman–Crippen MR) is 84.2 cm³/mol. The van der Waals surface area contributed by atoms with Crippen LogP contribution < -0.4 is 5.32 Å². The fourth-order valence-electron chi connectivity index (χ4n) is 3.45. The summed E-state index contributed by atoms with van der Waals surface area (Å²) in [5.74, 6) is -0.108. The average Bonchev–Trinajstić information content (AvgIpc) is 2.54. The molecule has 0 aromatic carbocycles. The smallest absolute Gasteiger partial charge is 0.270 e. The number of nitrogens with one attached hydrogen (secondary N) is 1. The maximum absolute atomic E-state index is 12.6. The third-order valence-corrected chi connectivity index (χ3v) is 4.88. The van der Waals surface area contributed by atoms with Crippen LogP contribution in [0.1, 0.15) is 60.3 Å². The van der Waals surface area contributed by atoms with Crippen molar-refractivity contribution in [3.63, 3.8) is 0 Å². The van der Waals surface area contributed by atoms with E-state index in [1.54, 1.807) is 7.11 Å². The van der Waals surface area contributed by atoms with Crippen molar-refractivity contribution in [3.8, 4) is 0 Å². The first kappa shape index (κ1) is 15.7. The normalized spacial score (nSPS) is 24.6. The van der Waals surface area contributed by atoms with Crippen molar-refractivity contribution in [1.82, 2.24) is 15.3 Å². The second kappa shape index (κ2) is 6.92. The van der Waals surface area contributed by atoms with Crippen LogP contribution in [0.15, 0.2) is 0 Å². The Balaban J connectivity index is 1.71. The zero-order chi connectivity index (χ0) is 15.5. The highest BCUT2D eigenvalue weighted by molar-refractivity contribution is 6.28. The van der Waals surface area contributed by atoms with Gasteiger partial charge in [0.2, 0.25) is 5.28 Å². The number of nitrogens with zero attached hydrogens (tertiary/aromatic N) is 2. The summed E-state index contributed by atoms with van der Waals surface area (Å²) in [7, 11) is 1.75. The third kappa shape index (κ3) is 3.41. The Kier molecular flexibility index (Phi) is 4.93. The van der Waals surface area contributed by atoms with Crippen LogP contribution in [0.4, 0.5) is 0 Å². The van der Waals surface area contributed by atoms with E-state index in [9.17, 15) is 4.79 Å². The van der Waals surface area contributed by atoms with E-state index in [1.165, 1.54) is 0 Å². The molecule has 0 aliphatic heterocycles. The van der Waals surface area contributed by atoms with Gasteiger partial charge < -0.3 is 10.1 Å². The highest BCUT2D eigenvalue weighted by atomic mass is 35.5. The number of carbonyl (C=O) groups is 1. The van der Waals surface area contributed by atoms with Crippen LogP contribution in [-0.4, -0.2) is 35.1 Å². The number of fused-ring (bicyclic) bond motifs is 1. The van der Waals surface area contributed by atoms with E-state index in [4.69, 9.17) is 16.3 Å². The molecule has 1 amide bonds. The molecule has 22 heavy (non-hydrogen) atoms. The van der Waals surface area contributed by atoms with Gasteiger partial charge in [-0.05, 0) is 63.0 Å². The summed E-state index contributed by atoms with van der Waals surface area (Å²) in [6, 6.07) is 0.201. The predicted octanol–water partition coefficient (Wildman–Crippen LogP) is 2.70. The maximum atomic E-state index is 12.6. The lowest BCUT2D eigenvalue weighted by molar-refractivity contribution is 0.0598. The highest BCUT2D eigenvalue weighted by Crippen LogP contribution is 2.25. The van der Waals surface area contributed by atoms with Gasteiger partial charge in [-0.2, -0.15) is 0 Å². The number of ether oxygens (including phenoxy) is 1. The van der Waals surface area contributed by atoms with Crippen molar-refractivity contribution >= 4 is 17.5 Å². The minimum Gasteiger partial charge on any atom is -0.381 e. The van der Waals surface area contributed by atoms with Gasteiger partial charge in [0.05, 0.1) is 6.10 Å². The van der Waals surface area contributed by atoms with Crippen LogP contribution in [-0.2, 0) is 17.6 Å². The quantitative estimate of drug-likeness (QED) is 0.869. The fraction of sp³-hybridized carbons (Fsp3) is 0.688. The minimum atomic E-state index is -0.108. The molecule has 0 spiro atoms. The molecular formula is C16H22ClN3O2. The van der Waals surface area contributed by atoms with Gasteiger partial charge in [0, 0.05) is 24.4 Å². The molecule has 2 aliphatic carbocycles. The number of hydrogen-bond donors (Lipinski definition) is 1. The molecule has 3 rings (SSSR count). The Morgan fingerprint density at radius 3 is 2.64 bits per heavy atom. The fourth-order valence-corrected chi connectivity index (χ4v) is 3.63. The molecule has 120 valence electrons. The van der Waals surface area contributed by atoms with E-state index in [0.29, 0.717) is 11.8 Å². The number of carbonyl (C=O) groups excluding carboxylic acids is 1. The zero-order valence-corrected chi connectivity index (χ0v) is 13.7. The molecule has 0 bridgehead atoms. The summed E-state index contributed by atoms with van der Waals surface area (Å²) >= 11 is 5.99. The van der Waals surface area contributed by atoms with E-state index >= 15 is 0 Å². The maximum Gasteiger partial charge on any atom is 0.270 e. The van der Waals surface area contributed by atoms with E-state index in [0.717, 1.165) is 62.6 Å². The first-order chi connectivity index (χ1) is 10.7. The molecular weight excluding hydrogens is 302 g/mol. The molecule has 1 aromatic heterocycles. The van der Waals surface area contributed by atoms with Gasteiger partial charge in [0.1, 0.15) is 5.69 Å². The summed E-state index contributed by atoms with van der Waals surface area (Å²) < 4.78 is 5.37.